The number of halogens is 1. The maximum absolute atomic E-state index is 5.85. The molecule has 2 rings (SSSR count). The molecule has 0 aromatic heterocycles. The Bertz CT molecular complexity index is 574. The minimum atomic E-state index is 0.200. The maximum atomic E-state index is 5.85. The van der Waals surface area contributed by atoms with Gasteiger partial charge in [-0.2, -0.15) is 0 Å². The van der Waals surface area contributed by atoms with Crippen LogP contribution in [-0.2, 0) is 12.0 Å². The Morgan fingerprint density at radius 1 is 0.950 bits per heavy atom. The lowest BCUT2D eigenvalue weighted by atomic mass is 9.87. The topological polar surface area (TPSA) is 12.4 Å². The number of nitrogens with zero attached hydrogens (tertiary/aromatic N) is 1. The highest BCUT2D eigenvalue weighted by Gasteiger charge is 2.12. The first-order chi connectivity index (χ1) is 9.45. The fourth-order valence-corrected chi connectivity index (χ4v) is 2.04. The molecule has 0 unspecified atom stereocenters. The zero-order valence-corrected chi connectivity index (χ0v) is 13.0. The number of hydrogen-bond donors (Lipinski definition) is 0. The predicted octanol–water partition coefficient (Wildman–Crippen LogP) is 5.26. The molecule has 0 fully saturated rings. The van der Waals surface area contributed by atoms with Gasteiger partial charge in [-0.25, -0.2) is 0 Å². The Labute approximate surface area is 126 Å². The summed E-state index contributed by atoms with van der Waals surface area (Å²) in [5.41, 5.74) is 3.84. The van der Waals surface area contributed by atoms with Crippen molar-refractivity contribution < 1.29 is 0 Å². The molecule has 104 valence electrons. The van der Waals surface area contributed by atoms with Crippen LogP contribution in [0.25, 0.3) is 0 Å². The standard InChI is InChI=1S/C18H20ClN/c1-18(2,3)16-8-4-14(5-9-16)12-20-13-15-6-10-17(19)11-7-15/h4-11,13H,12H2,1-3H3. The molecule has 0 amide bonds. The zero-order valence-electron chi connectivity index (χ0n) is 12.2. The van der Waals surface area contributed by atoms with Crippen LogP contribution in [0.15, 0.2) is 53.5 Å². The van der Waals surface area contributed by atoms with Crippen LogP contribution >= 0.6 is 11.6 Å². The van der Waals surface area contributed by atoms with Crippen molar-refractivity contribution in [3.63, 3.8) is 0 Å². The van der Waals surface area contributed by atoms with Crippen LogP contribution in [-0.4, -0.2) is 6.21 Å². The molecule has 0 aliphatic heterocycles. The average Bonchev–Trinajstić information content (AvgIpc) is 2.41. The second-order valence-corrected chi connectivity index (χ2v) is 6.40. The Hall–Kier alpha value is -1.60. The molecule has 2 aromatic carbocycles. The van der Waals surface area contributed by atoms with E-state index in [0.717, 1.165) is 10.6 Å². The van der Waals surface area contributed by atoms with Gasteiger partial charge in [-0.15, -0.1) is 0 Å². The van der Waals surface area contributed by atoms with Gasteiger partial charge in [-0.1, -0.05) is 68.8 Å². The summed E-state index contributed by atoms with van der Waals surface area (Å²) in [6, 6.07) is 16.4. The van der Waals surface area contributed by atoms with Gasteiger partial charge in [0.25, 0.3) is 0 Å². The van der Waals surface area contributed by atoms with Gasteiger partial charge >= 0.3 is 0 Å². The molecule has 0 saturated carbocycles. The molecule has 2 heteroatoms. The van der Waals surface area contributed by atoms with Crippen LogP contribution in [0.3, 0.4) is 0 Å². The van der Waals surface area contributed by atoms with Crippen molar-refractivity contribution in [1.82, 2.24) is 0 Å². The molecule has 0 radical (unpaired) electrons. The van der Waals surface area contributed by atoms with Crippen molar-refractivity contribution in [2.24, 2.45) is 4.99 Å². The second-order valence-electron chi connectivity index (χ2n) is 5.97. The smallest absolute Gasteiger partial charge is 0.0639 e. The third-order valence-electron chi connectivity index (χ3n) is 3.20. The lowest BCUT2D eigenvalue weighted by Gasteiger charge is -2.18. The summed E-state index contributed by atoms with van der Waals surface area (Å²) in [7, 11) is 0. The summed E-state index contributed by atoms with van der Waals surface area (Å²) < 4.78 is 0. The number of benzene rings is 2. The molecular formula is C18H20ClN. The SMILES string of the molecule is CC(C)(C)c1ccc(CN=Cc2ccc(Cl)cc2)cc1. The van der Waals surface area contributed by atoms with E-state index in [4.69, 9.17) is 11.6 Å². The lowest BCUT2D eigenvalue weighted by molar-refractivity contribution is 0.590. The van der Waals surface area contributed by atoms with Gasteiger partial charge in [0, 0.05) is 11.2 Å². The lowest BCUT2D eigenvalue weighted by Crippen LogP contribution is -2.10. The predicted molar refractivity (Wildman–Crippen MR) is 87.9 cm³/mol. The van der Waals surface area contributed by atoms with Crippen molar-refractivity contribution in [3.8, 4) is 0 Å². The average molecular weight is 286 g/mol. The minimum Gasteiger partial charge on any atom is -0.288 e. The van der Waals surface area contributed by atoms with Gasteiger partial charge in [0.05, 0.1) is 6.54 Å². The van der Waals surface area contributed by atoms with E-state index in [9.17, 15) is 0 Å². The molecule has 20 heavy (non-hydrogen) atoms. The quantitative estimate of drug-likeness (QED) is 0.683. The van der Waals surface area contributed by atoms with Gasteiger partial charge < -0.3 is 0 Å². The van der Waals surface area contributed by atoms with Gasteiger partial charge in [-0.3, -0.25) is 4.99 Å². The fourth-order valence-electron chi connectivity index (χ4n) is 1.92. The number of hydrogen-bond acceptors (Lipinski definition) is 1. The van der Waals surface area contributed by atoms with E-state index < -0.39 is 0 Å². The van der Waals surface area contributed by atoms with Gasteiger partial charge in [0.1, 0.15) is 0 Å². The highest BCUT2D eigenvalue weighted by atomic mass is 35.5. The first-order valence-corrected chi connectivity index (χ1v) is 7.18. The molecule has 0 bridgehead atoms. The molecule has 0 aliphatic carbocycles. The highest BCUT2D eigenvalue weighted by molar-refractivity contribution is 6.30. The molecule has 0 aliphatic rings. The van der Waals surface area contributed by atoms with Crippen LogP contribution < -0.4 is 0 Å². The summed E-state index contributed by atoms with van der Waals surface area (Å²) in [6.45, 7) is 7.37. The summed E-state index contributed by atoms with van der Waals surface area (Å²) in [5.74, 6) is 0. The van der Waals surface area contributed by atoms with E-state index in [1.54, 1.807) is 0 Å². The second kappa shape index (κ2) is 6.23. The number of aliphatic imine (C=N–C) groups is 1. The van der Waals surface area contributed by atoms with Gasteiger partial charge in [0.15, 0.2) is 0 Å². The molecular weight excluding hydrogens is 266 g/mol. The highest BCUT2D eigenvalue weighted by Crippen LogP contribution is 2.22. The fraction of sp³-hybridized carbons (Fsp3) is 0.278. The minimum absolute atomic E-state index is 0.200. The summed E-state index contributed by atoms with van der Waals surface area (Å²) in [5, 5.41) is 0.750. The van der Waals surface area contributed by atoms with E-state index in [1.165, 1.54) is 11.1 Å². The third-order valence-corrected chi connectivity index (χ3v) is 3.46. The summed E-state index contributed by atoms with van der Waals surface area (Å²) in [4.78, 5) is 4.47. The number of rotatable bonds is 3. The first-order valence-electron chi connectivity index (χ1n) is 6.80. The molecule has 2 aromatic rings. The van der Waals surface area contributed by atoms with E-state index in [0.29, 0.717) is 6.54 Å². The third kappa shape index (κ3) is 4.21. The molecule has 0 N–H and O–H groups in total. The van der Waals surface area contributed by atoms with E-state index in [-0.39, 0.29) is 5.41 Å². The normalized spacial score (nSPS) is 12.0. The molecule has 1 nitrogen and oxygen atoms in total. The van der Waals surface area contributed by atoms with Crippen molar-refractivity contribution in [3.05, 3.63) is 70.2 Å². The monoisotopic (exact) mass is 285 g/mol. The van der Waals surface area contributed by atoms with E-state index in [1.807, 2.05) is 30.5 Å². The Balaban J connectivity index is 1.99. The van der Waals surface area contributed by atoms with Crippen LogP contribution in [0, 0.1) is 0 Å². The van der Waals surface area contributed by atoms with Crippen molar-refractivity contribution >= 4 is 17.8 Å². The zero-order chi connectivity index (χ0) is 14.6. The van der Waals surface area contributed by atoms with Gasteiger partial charge in [-0.05, 0) is 34.2 Å². The Morgan fingerprint density at radius 3 is 2.10 bits per heavy atom. The van der Waals surface area contributed by atoms with Crippen LogP contribution in [0.2, 0.25) is 5.02 Å². The first kappa shape index (κ1) is 14.8. The van der Waals surface area contributed by atoms with E-state index >= 15 is 0 Å². The van der Waals surface area contributed by atoms with Crippen molar-refractivity contribution in [2.45, 2.75) is 32.7 Å². The molecule has 0 saturated heterocycles. The Morgan fingerprint density at radius 2 is 1.55 bits per heavy atom. The Kier molecular flexibility index (Phi) is 4.61. The summed E-state index contributed by atoms with van der Waals surface area (Å²) >= 11 is 5.85. The van der Waals surface area contributed by atoms with Crippen LogP contribution in [0.1, 0.15) is 37.5 Å². The van der Waals surface area contributed by atoms with Gasteiger partial charge in [0.2, 0.25) is 0 Å². The van der Waals surface area contributed by atoms with Crippen molar-refractivity contribution in [2.75, 3.05) is 0 Å². The van der Waals surface area contributed by atoms with Crippen LogP contribution in [0.5, 0.6) is 0 Å². The van der Waals surface area contributed by atoms with Crippen molar-refractivity contribution in [1.29, 1.82) is 0 Å². The summed E-state index contributed by atoms with van der Waals surface area (Å²) in [6.07, 6.45) is 1.88. The molecule has 0 heterocycles. The van der Waals surface area contributed by atoms with E-state index in [2.05, 4.69) is 50.0 Å². The molecule has 0 atom stereocenters. The molecule has 0 spiro atoms. The maximum Gasteiger partial charge on any atom is 0.0639 e. The van der Waals surface area contributed by atoms with Crippen LogP contribution in [0.4, 0.5) is 0 Å². The largest absolute Gasteiger partial charge is 0.288 e.